The minimum Gasteiger partial charge on any atom is -0.463 e. The number of benzene rings is 1. The largest absolute Gasteiger partial charge is 0.463 e. The fourth-order valence-electron chi connectivity index (χ4n) is 1.28. The van der Waals surface area contributed by atoms with Gasteiger partial charge in [-0.15, -0.1) is 0 Å². The van der Waals surface area contributed by atoms with E-state index < -0.39 is 17.6 Å². The molecule has 0 spiro atoms. The van der Waals surface area contributed by atoms with E-state index >= 15 is 0 Å². The molecule has 0 fully saturated rings. The van der Waals surface area contributed by atoms with Crippen molar-refractivity contribution >= 4 is 26.9 Å². The SMILES string of the molecule is Fc1cc(Br)c2occ(C(F)(F)F)c2c1. The first-order valence-corrected chi connectivity index (χ1v) is 4.62. The lowest BCUT2D eigenvalue weighted by atomic mass is 10.1. The van der Waals surface area contributed by atoms with Crippen LogP contribution in [0.5, 0.6) is 0 Å². The predicted octanol–water partition coefficient (Wildman–Crippen LogP) is 4.35. The molecule has 0 unspecified atom stereocenters. The molecule has 0 radical (unpaired) electrons. The molecule has 1 heterocycles. The molecule has 6 heteroatoms. The van der Waals surface area contributed by atoms with E-state index in [0.717, 1.165) is 12.1 Å². The minimum absolute atomic E-state index is 0.0104. The average Bonchev–Trinajstić information content (AvgIpc) is 2.45. The van der Waals surface area contributed by atoms with Gasteiger partial charge in [-0.3, -0.25) is 0 Å². The fourth-order valence-corrected chi connectivity index (χ4v) is 1.81. The van der Waals surface area contributed by atoms with Crippen LogP contribution in [-0.4, -0.2) is 0 Å². The molecule has 1 nitrogen and oxygen atoms in total. The smallest absolute Gasteiger partial charge is 0.420 e. The maximum atomic E-state index is 12.9. The molecule has 1 aromatic heterocycles. The molecule has 0 N–H and O–H groups in total. The van der Waals surface area contributed by atoms with Gasteiger partial charge in [-0.1, -0.05) is 0 Å². The third kappa shape index (κ3) is 1.73. The van der Waals surface area contributed by atoms with Gasteiger partial charge in [0.05, 0.1) is 4.47 Å². The van der Waals surface area contributed by atoms with Crippen LogP contribution in [-0.2, 0) is 6.18 Å². The Hall–Kier alpha value is -1.04. The normalized spacial score (nSPS) is 12.3. The van der Waals surface area contributed by atoms with Gasteiger partial charge in [-0.2, -0.15) is 13.2 Å². The zero-order valence-corrected chi connectivity index (χ0v) is 8.62. The third-order valence-corrected chi connectivity index (χ3v) is 2.49. The van der Waals surface area contributed by atoms with Crippen molar-refractivity contribution in [2.45, 2.75) is 6.18 Å². The monoisotopic (exact) mass is 282 g/mol. The maximum Gasteiger partial charge on any atom is 0.420 e. The fraction of sp³-hybridized carbons (Fsp3) is 0.111. The van der Waals surface area contributed by atoms with Gasteiger partial charge >= 0.3 is 6.18 Å². The zero-order chi connectivity index (χ0) is 11.2. The van der Waals surface area contributed by atoms with Gasteiger partial charge in [0.25, 0.3) is 0 Å². The quantitative estimate of drug-likeness (QED) is 0.655. The number of hydrogen-bond acceptors (Lipinski definition) is 1. The van der Waals surface area contributed by atoms with Crippen LogP contribution in [0.4, 0.5) is 17.6 Å². The standard InChI is InChI=1S/C9H3BrF4O/c10-7-2-4(11)1-5-6(9(12,13)14)3-15-8(5)7/h1-3H. The summed E-state index contributed by atoms with van der Waals surface area (Å²) in [5.74, 6) is -0.749. The molecule has 15 heavy (non-hydrogen) atoms. The van der Waals surface area contributed by atoms with E-state index in [9.17, 15) is 17.6 Å². The summed E-state index contributed by atoms with van der Waals surface area (Å²) in [6.07, 6.45) is -3.96. The van der Waals surface area contributed by atoms with Crippen molar-refractivity contribution in [2.24, 2.45) is 0 Å². The highest BCUT2D eigenvalue weighted by Crippen LogP contribution is 2.38. The lowest BCUT2D eigenvalue weighted by Gasteiger charge is -2.02. The Morgan fingerprint density at radius 2 is 1.87 bits per heavy atom. The van der Waals surface area contributed by atoms with E-state index in [1.165, 1.54) is 0 Å². The van der Waals surface area contributed by atoms with Crippen molar-refractivity contribution in [1.29, 1.82) is 0 Å². The van der Waals surface area contributed by atoms with E-state index in [4.69, 9.17) is 4.42 Å². The summed E-state index contributed by atoms with van der Waals surface area (Å²) < 4.78 is 55.0. The summed E-state index contributed by atoms with van der Waals surface area (Å²) in [6, 6.07) is 1.85. The third-order valence-electron chi connectivity index (χ3n) is 1.90. The molecule has 0 atom stereocenters. The highest BCUT2D eigenvalue weighted by molar-refractivity contribution is 9.10. The minimum atomic E-state index is -4.54. The van der Waals surface area contributed by atoms with Crippen LogP contribution >= 0.6 is 15.9 Å². The summed E-state index contributed by atoms with van der Waals surface area (Å²) in [6.45, 7) is 0. The molecule has 0 aliphatic rings. The lowest BCUT2D eigenvalue weighted by molar-refractivity contribution is -0.136. The topological polar surface area (TPSA) is 13.1 Å². The Morgan fingerprint density at radius 1 is 1.20 bits per heavy atom. The van der Waals surface area contributed by atoms with Crippen molar-refractivity contribution in [3.05, 3.63) is 34.2 Å². The second-order valence-corrected chi connectivity index (χ2v) is 3.77. The Morgan fingerprint density at radius 3 is 2.47 bits per heavy atom. The first-order valence-electron chi connectivity index (χ1n) is 3.83. The molecule has 1 aromatic carbocycles. The summed E-state index contributed by atoms with van der Waals surface area (Å²) in [4.78, 5) is 0. The van der Waals surface area contributed by atoms with Crippen LogP contribution < -0.4 is 0 Å². The van der Waals surface area contributed by atoms with E-state index in [-0.39, 0.29) is 15.4 Å². The number of alkyl halides is 3. The van der Waals surface area contributed by atoms with E-state index in [1.54, 1.807) is 0 Å². The molecule has 0 aliphatic heterocycles. The van der Waals surface area contributed by atoms with E-state index in [2.05, 4.69) is 15.9 Å². The average molecular weight is 283 g/mol. The van der Waals surface area contributed by atoms with Crippen LogP contribution in [0.15, 0.2) is 27.3 Å². The van der Waals surface area contributed by atoms with Gasteiger partial charge in [0.1, 0.15) is 23.2 Å². The second kappa shape index (κ2) is 3.23. The molecule has 2 aromatic rings. The first kappa shape index (κ1) is 10.5. The summed E-state index contributed by atoms with van der Waals surface area (Å²) in [5.41, 5.74) is -0.985. The van der Waals surface area contributed by atoms with Crippen LogP contribution in [0.1, 0.15) is 5.56 Å². The Bertz CT molecular complexity index is 515. The molecule has 2 rings (SSSR count). The van der Waals surface area contributed by atoms with Crippen LogP contribution in [0.3, 0.4) is 0 Å². The van der Waals surface area contributed by atoms with Gasteiger partial charge in [0.15, 0.2) is 0 Å². The second-order valence-electron chi connectivity index (χ2n) is 2.91. The first-order chi connectivity index (χ1) is 6.89. The molecule has 0 bridgehead atoms. The Balaban J connectivity index is 2.80. The highest BCUT2D eigenvalue weighted by Gasteiger charge is 2.35. The number of hydrogen-bond donors (Lipinski definition) is 0. The Kier molecular flexibility index (Phi) is 2.26. The van der Waals surface area contributed by atoms with E-state index in [1.807, 2.05) is 0 Å². The van der Waals surface area contributed by atoms with Gasteiger partial charge in [0.2, 0.25) is 0 Å². The molecule has 0 amide bonds. The van der Waals surface area contributed by atoms with Gasteiger partial charge < -0.3 is 4.42 Å². The van der Waals surface area contributed by atoms with E-state index in [0.29, 0.717) is 6.26 Å². The number of rotatable bonds is 0. The van der Waals surface area contributed by atoms with Crippen LogP contribution in [0.25, 0.3) is 11.0 Å². The highest BCUT2D eigenvalue weighted by atomic mass is 79.9. The van der Waals surface area contributed by atoms with Crippen molar-refractivity contribution < 1.29 is 22.0 Å². The number of fused-ring (bicyclic) bond motifs is 1. The van der Waals surface area contributed by atoms with Crippen LogP contribution in [0, 0.1) is 5.82 Å². The molecule has 0 saturated heterocycles. The van der Waals surface area contributed by atoms with Crippen molar-refractivity contribution in [2.75, 3.05) is 0 Å². The molecule has 0 aliphatic carbocycles. The summed E-state index contributed by atoms with van der Waals surface area (Å²) in [7, 11) is 0. The van der Waals surface area contributed by atoms with Gasteiger partial charge in [-0.05, 0) is 28.1 Å². The van der Waals surface area contributed by atoms with Gasteiger partial charge in [-0.25, -0.2) is 4.39 Å². The summed E-state index contributed by atoms with van der Waals surface area (Å²) in [5, 5.41) is -0.283. The Labute approximate surface area is 89.8 Å². The predicted molar refractivity (Wildman–Crippen MR) is 48.9 cm³/mol. The van der Waals surface area contributed by atoms with Crippen molar-refractivity contribution in [1.82, 2.24) is 0 Å². The van der Waals surface area contributed by atoms with Crippen molar-refractivity contribution in [3.63, 3.8) is 0 Å². The molecule has 0 saturated carbocycles. The number of furan rings is 1. The lowest BCUT2D eigenvalue weighted by Crippen LogP contribution is -2.03. The maximum absolute atomic E-state index is 12.9. The molecular formula is C9H3BrF4O. The van der Waals surface area contributed by atoms with Crippen LogP contribution in [0.2, 0.25) is 0 Å². The zero-order valence-electron chi connectivity index (χ0n) is 7.03. The number of halogens is 5. The molecular weight excluding hydrogens is 280 g/mol. The van der Waals surface area contributed by atoms with Crippen molar-refractivity contribution in [3.8, 4) is 0 Å². The molecule has 80 valence electrons. The summed E-state index contributed by atoms with van der Waals surface area (Å²) >= 11 is 2.93. The van der Waals surface area contributed by atoms with Gasteiger partial charge in [0, 0.05) is 5.39 Å².